The maximum absolute atomic E-state index is 12.2. The Labute approximate surface area is 124 Å². The van der Waals surface area contributed by atoms with Crippen molar-refractivity contribution in [3.63, 3.8) is 0 Å². The standard InChI is InChI=1S/C16H18N4O/c1-4-5-17-15-9-14(18-10-19-15)16(21)20-13-7-11(2)6-12(3)8-13/h4,6-10H,1,5H2,2-3H3,(H,20,21)(H,17,18,19). The zero-order valence-corrected chi connectivity index (χ0v) is 12.2. The van der Waals surface area contributed by atoms with Crippen molar-refractivity contribution in [1.82, 2.24) is 9.97 Å². The maximum atomic E-state index is 12.2. The van der Waals surface area contributed by atoms with E-state index in [-0.39, 0.29) is 5.91 Å². The first kappa shape index (κ1) is 14.7. The smallest absolute Gasteiger partial charge is 0.274 e. The second kappa shape index (κ2) is 6.65. The minimum Gasteiger partial charge on any atom is -0.366 e. The summed E-state index contributed by atoms with van der Waals surface area (Å²) < 4.78 is 0. The summed E-state index contributed by atoms with van der Waals surface area (Å²) in [7, 11) is 0. The summed E-state index contributed by atoms with van der Waals surface area (Å²) in [5.41, 5.74) is 3.27. The first-order valence-electron chi connectivity index (χ1n) is 6.65. The first-order chi connectivity index (χ1) is 10.1. The van der Waals surface area contributed by atoms with Gasteiger partial charge in [0, 0.05) is 18.3 Å². The summed E-state index contributed by atoms with van der Waals surface area (Å²) in [5, 5.41) is 5.87. The van der Waals surface area contributed by atoms with E-state index in [0.29, 0.717) is 18.1 Å². The highest BCUT2D eigenvalue weighted by Crippen LogP contribution is 2.15. The van der Waals surface area contributed by atoms with Gasteiger partial charge in [-0.15, -0.1) is 6.58 Å². The predicted octanol–water partition coefficient (Wildman–Crippen LogP) is 2.94. The second-order valence-electron chi connectivity index (χ2n) is 4.79. The molecule has 0 aliphatic heterocycles. The molecule has 0 radical (unpaired) electrons. The molecule has 108 valence electrons. The number of carbonyl (C=O) groups is 1. The third-order valence-corrected chi connectivity index (χ3v) is 2.81. The zero-order valence-electron chi connectivity index (χ0n) is 12.2. The normalized spacial score (nSPS) is 10.0. The Bertz CT molecular complexity index is 647. The van der Waals surface area contributed by atoms with Gasteiger partial charge in [-0.1, -0.05) is 12.1 Å². The number of rotatable bonds is 5. The Hall–Kier alpha value is -2.69. The molecule has 5 nitrogen and oxygen atoms in total. The van der Waals surface area contributed by atoms with Crippen LogP contribution < -0.4 is 10.6 Å². The Morgan fingerprint density at radius 2 is 1.90 bits per heavy atom. The van der Waals surface area contributed by atoms with E-state index in [9.17, 15) is 4.79 Å². The van der Waals surface area contributed by atoms with Crippen LogP contribution in [0.2, 0.25) is 0 Å². The molecule has 1 amide bonds. The number of benzene rings is 1. The van der Waals surface area contributed by atoms with Crippen LogP contribution in [0.1, 0.15) is 21.6 Å². The van der Waals surface area contributed by atoms with Crippen LogP contribution in [0, 0.1) is 13.8 Å². The van der Waals surface area contributed by atoms with E-state index < -0.39 is 0 Å². The van der Waals surface area contributed by atoms with Crippen molar-refractivity contribution in [3.8, 4) is 0 Å². The van der Waals surface area contributed by atoms with Gasteiger partial charge in [-0.2, -0.15) is 0 Å². The zero-order chi connectivity index (χ0) is 15.2. The minimum absolute atomic E-state index is 0.260. The maximum Gasteiger partial charge on any atom is 0.274 e. The lowest BCUT2D eigenvalue weighted by Gasteiger charge is -2.08. The Morgan fingerprint density at radius 1 is 1.19 bits per heavy atom. The fourth-order valence-corrected chi connectivity index (χ4v) is 2.00. The van der Waals surface area contributed by atoms with Gasteiger partial charge in [0.05, 0.1) is 0 Å². The molecule has 1 aromatic carbocycles. The summed E-state index contributed by atoms with van der Waals surface area (Å²) >= 11 is 0. The number of nitrogens with one attached hydrogen (secondary N) is 2. The van der Waals surface area contributed by atoms with E-state index in [1.165, 1.54) is 6.33 Å². The largest absolute Gasteiger partial charge is 0.366 e. The van der Waals surface area contributed by atoms with Crippen LogP contribution in [-0.2, 0) is 0 Å². The fraction of sp³-hybridized carbons (Fsp3) is 0.188. The van der Waals surface area contributed by atoms with Crippen LogP contribution >= 0.6 is 0 Å². The summed E-state index contributed by atoms with van der Waals surface area (Å²) in [5.74, 6) is 0.333. The van der Waals surface area contributed by atoms with E-state index >= 15 is 0 Å². The first-order valence-corrected chi connectivity index (χ1v) is 6.65. The molecular formula is C16H18N4O. The van der Waals surface area contributed by atoms with Crippen molar-refractivity contribution < 1.29 is 4.79 Å². The lowest BCUT2D eigenvalue weighted by molar-refractivity contribution is 0.102. The quantitative estimate of drug-likeness (QED) is 0.827. The van der Waals surface area contributed by atoms with Crippen LogP contribution in [0.3, 0.4) is 0 Å². The van der Waals surface area contributed by atoms with E-state index in [1.54, 1.807) is 12.1 Å². The average molecular weight is 282 g/mol. The van der Waals surface area contributed by atoms with Gasteiger partial charge in [0.25, 0.3) is 5.91 Å². The highest BCUT2D eigenvalue weighted by molar-refractivity contribution is 6.03. The minimum atomic E-state index is -0.260. The molecule has 2 rings (SSSR count). The highest BCUT2D eigenvalue weighted by atomic mass is 16.1. The summed E-state index contributed by atoms with van der Waals surface area (Å²) in [6.45, 7) is 8.18. The molecule has 1 aromatic heterocycles. The van der Waals surface area contributed by atoms with Crippen LogP contribution in [0.15, 0.2) is 43.2 Å². The number of anilines is 2. The number of aromatic nitrogens is 2. The van der Waals surface area contributed by atoms with E-state index in [2.05, 4.69) is 33.2 Å². The van der Waals surface area contributed by atoms with E-state index in [4.69, 9.17) is 0 Å². The predicted molar refractivity (Wildman–Crippen MR) is 84.6 cm³/mol. The van der Waals surface area contributed by atoms with Crippen molar-refractivity contribution in [2.24, 2.45) is 0 Å². The van der Waals surface area contributed by atoms with Gasteiger partial charge < -0.3 is 10.6 Å². The van der Waals surface area contributed by atoms with E-state index in [1.807, 2.05) is 26.0 Å². The van der Waals surface area contributed by atoms with Gasteiger partial charge in [0.15, 0.2) is 0 Å². The van der Waals surface area contributed by atoms with E-state index in [0.717, 1.165) is 16.8 Å². The van der Waals surface area contributed by atoms with Gasteiger partial charge in [-0.25, -0.2) is 9.97 Å². The van der Waals surface area contributed by atoms with Crippen LogP contribution in [-0.4, -0.2) is 22.4 Å². The number of carbonyl (C=O) groups excluding carboxylic acids is 1. The van der Waals surface area contributed by atoms with Gasteiger partial charge in [-0.05, 0) is 37.1 Å². The topological polar surface area (TPSA) is 66.9 Å². The third kappa shape index (κ3) is 4.14. The number of hydrogen-bond donors (Lipinski definition) is 2. The Morgan fingerprint density at radius 3 is 2.57 bits per heavy atom. The van der Waals surface area contributed by atoms with Gasteiger partial charge in [0.1, 0.15) is 17.8 Å². The molecule has 0 bridgehead atoms. The fourth-order valence-electron chi connectivity index (χ4n) is 2.00. The van der Waals surface area contributed by atoms with Crippen LogP contribution in [0.5, 0.6) is 0 Å². The molecule has 0 aliphatic carbocycles. The molecule has 1 heterocycles. The molecule has 2 aromatic rings. The Balaban J connectivity index is 2.14. The highest BCUT2D eigenvalue weighted by Gasteiger charge is 2.09. The molecule has 0 saturated carbocycles. The van der Waals surface area contributed by atoms with Gasteiger partial charge in [-0.3, -0.25) is 4.79 Å². The van der Waals surface area contributed by atoms with Gasteiger partial charge in [0.2, 0.25) is 0 Å². The molecule has 0 unspecified atom stereocenters. The molecule has 0 saturated heterocycles. The molecular weight excluding hydrogens is 264 g/mol. The van der Waals surface area contributed by atoms with Crippen molar-refractivity contribution in [3.05, 3.63) is 60.1 Å². The number of hydrogen-bond acceptors (Lipinski definition) is 4. The van der Waals surface area contributed by atoms with Crippen LogP contribution in [0.4, 0.5) is 11.5 Å². The average Bonchev–Trinajstić information content (AvgIpc) is 2.44. The van der Waals surface area contributed by atoms with Crippen molar-refractivity contribution in [1.29, 1.82) is 0 Å². The molecule has 5 heteroatoms. The van der Waals surface area contributed by atoms with Gasteiger partial charge >= 0.3 is 0 Å². The monoisotopic (exact) mass is 282 g/mol. The van der Waals surface area contributed by atoms with Crippen molar-refractivity contribution in [2.45, 2.75) is 13.8 Å². The number of amides is 1. The summed E-state index contributed by atoms with van der Waals surface area (Å²) in [6, 6.07) is 7.51. The lowest BCUT2D eigenvalue weighted by atomic mass is 10.1. The molecule has 0 fully saturated rings. The molecule has 0 spiro atoms. The number of aryl methyl sites for hydroxylation is 2. The van der Waals surface area contributed by atoms with Crippen LogP contribution in [0.25, 0.3) is 0 Å². The van der Waals surface area contributed by atoms with Crippen molar-refractivity contribution in [2.75, 3.05) is 17.2 Å². The SMILES string of the molecule is C=CCNc1cc(C(=O)Nc2cc(C)cc(C)c2)ncn1. The lowest BCUT2D eigenvalue weighted by Crippen LogP contribution is -2.15. The van der Waals surface area contributed by atoms with Crippen molar-refractivity contribution >= 4 is 17.4 Å². The third-order valence-electron chi connectivity index (χ3n) is 2.81. The molecule has 0 atom stereocenters. The Kier molecular flexibility index (Phi) is 4.66. The number of nitrogens with zero attached hydrogens (tertiary/aromatic N) is 2. The summed E-state index contributed by atoms with van der Waals surface area (Å²) in [4.78, 5) is 20.3. The molecule has 2 N–H and O–H groups in total. The summed E-state index contributed by atoms with van der Waals surface area (Å²) in [6.07, 6.45) is 3.08. The molecule has 21 heavy (non-hydrogen) atoms. The molecule has 0 aliphatic rings. The second-order valence-corrected chi connectivity index (χ2v) is 4.79.